The number of morpholine rings is 1. The predicted octanol–water partition coefficient (Wildman–Crippen LogP) is 4.14. The number of hydrogen-bond acceptors (Lipinski definition) is 8. The maximum Gasteiger partial charge on any atom is 0.175 e. The van der Waals surface area contributed by atoms with Crippen LogP contribution in [0.2, 0.25) is 0 Å². The molecule has 0 atom stereocenters. The molecule has 0 saturated carbocycles. The average molecular weight is 492 g/mol. The third-order valence-electron chi connectivity index (χ3n) is 5.96. The minimum absolute atomic E-state index is 0.307. The van der Waals surface area contributed by atoms with Gasteiger partial charge in [-0.2, -0.15) is 5.10 Å². The Morgan fingerprint density at radius 3 is 2.62 bits per heavy atom. The Balaban J connectivity index is 1.52. The van der Waals surface area contributed by atoms with E-state index in [1.807, 2.05) is 30.3 Å². The number of benzene rings is 2. The van der Waals surface area contributed by atoms with Crippen LogP contribution in [0.15, 0.2) is 59.6 Å². The Morgan fingerprint density at radius 2 is 1.85 bits per heavy atom. The number of thiophene rings is 1. The molecule has 1 aliphatic rings. The largest absolute Gasteiger partial charge is 0.378 e. The maximum absolute atomic E-state index is 11.8. The molecule has 4 heterocycles. The average Bonchev–Trinajstić information content (AvgIpc) is 3.50. The SMILES string of the molecule is CS(=O)(=O)c1ccc(-c2cc3nc(-c4cccc5[nH]ncc45)nc(N4CCOCC4)c3s2)cc1. The summed E-state index contributed by atoms with van der Waals surface area (Å²) in [6, 6.07) is 15.0. The van der Waals surface area contributed by atoms with Crippen LogP contribution in [0.4, 0.5) is 5.82 Å². The molecule has 0 spiro atoms. The van der Waals surface area contributed by atoms with E-state index in [0.29, 0.717) is 23.9 Å². The second kappa shape index (κ2) is 8.15. The van der Waals surface area contributed by atoms with Gasteiger partial charge in [0.05, 0.1) is 40.0 Å². The second-order valence-electron chi connectivity index (χ2n) is 8.23. The summed E-state index contributed by atoms with van der Waals surface area (Å²) >= 11 is 1.62. The van der Waals surface area contributed by atoms with Crippen molar-refractivity contribution in [3.05, 3.63) is 54.7 Å². The van der Waals surface area contributed by atoms with Crippen molar-refractivity contribution in [1.82, 2.24) is 20.2 Å². The van der Waals surface area contributed by atoms with Crippen molar-refractivity contribution in [3.63, 3.8) is 0 Å². The van der Waals surface area contributed by atoms with Gasteiger partial charge < -0.3 is 9.64 Å². The number of rotatable bonds is 4. The molecule has 1 N–H and O–H groups in total. The van der Waals surface area contributed by atoms with Crippen LogP contribution in [0.3, 0.4) is 0 Å². The summed E-state index contributed by atoms with van der Waals surface area (Å²) in [5.74, 6) is 1.55. The van der Waals surface area contributed by atoms with E-state index in [0.717, 1.165) is 56.0 Å². The number of fused-ring (bicyclic) bond motifs is 2. The fraction of sp³-hybridized carbons (Fsp3) is 0.208. The first kappa shape index (κ1) is 21.2. The lowest BCUT2D eigenvalue weighted by atomic mass is 10.1. The first-order chi connectivity index (χ1) is 16.5. The molecular weight excluding hydrogens is 470 g/mol. The standard InChI is InChI=1S/C24H21N5O3S2/c1-34(30,31)16-7-5-15(6-8-16)21-13-20-22(33-21)24(29-9-11-32-12-10-29)27-23(26-20)17-3-2-4-19-18(17)14-25-28-19/h2-8,13-14H,9-12H2,1H3,(H,25,28). The van der Waals surface area contributed by atoms with Crippen LogP contribution in [0.1, 0.15) is 0 Å². The van der Waals surface area contributed by atoms with E-state index in [2.05, 4.69) is 21.2 Å². The van der Waals surface area contributed by atoms with Gasteiger partial charge in [-0.25, -0.2) is 18.4 Å². The molecular formula is C24H21N5O3S2. The lowest BCUT2D eigenvalue weighted by molar-refractivity contribution is 0.122. The Bertz CT molecular complexity index is 1620. The highest BCUT2D eigenvalue weighted by Gasteiger charge is 2.21. The van der Waals surface area contributed by atoms with Crippen molar-refractivity contribution < 1.29 is 13.2 Å². The van der Waals surface area contributed by atoms with Crippen LogP contribution < -0.4 is 4.90 Å². The third-order valence-corrected chi connectivity index (χ3v) is 8.25. The third kappa shape index (κ3) is 3.73. The van der Waals surface area contributed by atoms with Crippen molar-refractivity contribution in [2.24, 2.45) is 0 Å². The van der Waals surface area contributed by atoms with E-state index >= 15 is 0 Å². The molecule has 172 valence electrons. The molecule has 8 nitrogen and oxygen atoms in total. The van der Waals surface area contributed by atoms with Gasteiger partial charge in [-0.3, -0.25) is 5.10 Å². The Morgan fingerprint density at radius 1 is 1.06 bits per heavy atom. The molecule has 1 fully saturated rings. The van der Waals surface area contributed by atoms with Crippen LogP contribution in [0.25, 0.3) is 42.9 Å². The molecule has 0 bridgehead atoms. The lowest BCUT2D eigenvalue weighted by Gasteiger charge is -2.28. The van der Waals surface area contributed by atoms with Gasteiger partial charge in [-0.15, -0.1) is 11.3 Å². The minimum atomic E-state index is -3.24. The van der Waals surface area contributed by atoms with Gasteiger partial charge in [0.25, 0.3) is 0 Å². The molecule has 10 heteroatoms. The Hall–Kier alpha value is -3.34. The van der Waals surface area contributed by atoms with E-state index in [-0.39, 0.29) is 0 Å². The number of aromatic amines is 1. The van der Waals surface area contributed by atoms with Gasteiger partial charge in [-0.1, -0.05) is 24.3 Å². The molecule has 0 radical (unpaired) electrons. The summed E-state index contributed by atoms with van der Waals surface area (Å²) < 4.78 is 30.3. The van der Waals surface area contributed by atoms with E-state index in [1.54, 1.807) is 29.7 Å². The summed E-state index contributed by atoms with van der Waals surface area (Å²) in [6.07, 6.45) is 3.02. The van der Waals surface area contributed by atoms with Crippen LogP contribution in [0, 0.1) is 0 Å². The normalized spacial score (nSPS) is 14.8. The summed E-state index contributed by atoms with van der Waals surface area (Å²) in [6.45, 7) is 2.84. The highest BCUT2D eigenvalue weighted by Crippen LogP contribution is 2.39. The molecule has 0 unspecified atom stereocenters. The number of hydrogen-bond donors (Lipinski definition) is 1. The fourth-order valence-corrected chi connectivity index (χ4v) is 5.95. The summed E-state index contributed by atoms with van der Waals surface area (Å²) in [7, 11) is -3.24. The van der Waals surface area contributed by atoms with Gasteiger partial charge >= 0.3 is 0 Å². The minimum Gasteiger partial charge on any atom is -0.378 e. The fourth-order valence-electron chi connectivity index (χ4n) is 4.20. The highest BCUT2D eigenvalue weighted by molar-refractivity contribution is 7.90. The molecule has 1 saturated heterocycles. The number of H-pyrrole nitrogens is 1. The maximum atomic E-state index is 11.8. The zero-order valence-corrected chi connectivity index (χ0v) is 20.0. The van der Waals surface area contributed by atoms with E-state index in [1.165, 1.54) is 6.26 Å². The van der Waals surface area contributed by atoms with Crippen molar-refractivity contribution in [3.8, 4) is 21.8 Å². The number of nitrogens with one attached hydrogen (secondary N) is 1. The Kier molecular flexibility index (Phi) is 5.09. The van der Waals surface area contributed by atoms with Crippen molar-refractivity contribution in [1.29, 1.82) is 0 Å². The van der Waals surface area contributed by atoms with Gasteiger partial charge in [0.1, 0.15) is 0 Å². The number of sulfone groups is 1. The summed E-state index contributed by atoms with van der Waals surface area (Å²) in [5, 5.41) is 8.17. The van der Waals surface area contributed by atoms with Gasteiger partial charge in [0.2, 0.25) is 0 Å². The zero-order chi connectivity index (χ0) is 23.3. The van der Waals surface area contributed by atoms with Crippen LogP contribution in [0.5, 0.6) is 0 Å². The summed E-state index contributed by atoms with van der Waals surface area (Å²) in [4.78, 5) is 13.5. The number of ether oxygens (including phenoxy) is 1. The first-order valence-corrected chi connectivity index (χ1v) is 13.6. The van der Waals surface area contributed by atoms with Crippen LogP contribution in [-0.4, -0.2) is 61.1 Å². The molecule has 0 amide bonds. The topological polar surface area (TPSA) is 101 Å². The van der Waals surface area contributed by atoms with Crippen molar-refractivity contribution >= 4 is 48.1 Å². The van der Waals surface area contributed by atoms with Gasteiger partial charge in [-0.05, 0) is 29.8 Å². The monoisotopic (exact) mass is 491 g/mol. The molecule has 3 aromatic heterocycles. The molecule has 0 aliphatic carbocycles. The van der Waals surface area contributed by atoms with Crippen LogP contribution >= 0.6 is 11.3 Å². The number of anilines is 1. The van der Waals surface area contributed by atoms with E-state index < -0.39 is 9.84 Å². The molecule has 34 heavy (non-hydrogen) atoms. The van der Waals surface area contributed by atoms with Crippen LogP contribution in [-0.2, 0) is 14.6 Å². The molecule has 6 rings (SSSR count). The molecule has 1 aliphatic heterocycles. The zero-order valence-electron chi connectivity index (χ0n) is 18.4. The highest BCUT2D eigenvalue weighted by atomic mass is 32.2. The second-order valence-corrected chi connectivity index (χ2v) is 11.3. The Labute approximate surface area is 200 Å². The smallest absolute Gasteiger partial charge is 0.175 e. The number of nitrogens with zero attached hydrogens (tertiary/aromatic N) is 4. The number of aromatic nitrogens is 4. The van der Waals surface area contributed by atoms with Crippen molar-refractivity contribution in [2.75, 3.05) is 37.5 Å². The van der Waals surface area contributed by atoms with E-state index in [4.69, 9.17) is 14.7 Å². The molecule has 5 aromatic rings. The quantitative estimate of drug-likeness (QED) is 0.403. The van der Waals surface area contributed by atoms with Crippen molar-refractivity contribution in [2.45, 2.75) is 4.90 Å². The predicted molar refractivity (Wildman–Crippen MR) is 134 cm³/mol. The lowest BCUT2D eigenvalue weighted by Crippen LogP contribution is -2.36. The van der Waals surface area contributed by atoms with E-state index in [9.17, 15) is 8.42 Å². The first-order valence-electron chi connectivity index (χ1n) is 10.8. The van der Waals surface area contributed by atoms with Gasteiger partial charge in [0.15, 0.2) is 21.5 Å². The molecule has 2 aromatic carbocycles. The van der Waals surface area contributed by atoms with Gasteiger partial charge in [0, 0.05) is 35.2 Å². The summed E-state index contributed by atoms with van der Waals surface area (Å²) in [5.41, 5.74) is 3.67.